The molecule has 1 saturated carbocycles. The Kier molecular flexibility index (Phi) is 5.39. The zero-order valence-electron chi connectivity index (χ0n) is 9.83. The molecule has 0 aromatic carbocycles. The molecule has 0 spiro atoms. The van der Waals surface area contributed by atoms with Crippen molar-refractivity contribution in [2.24, 2.45) is 29.2 Å². The number of hydrogen-bond acceptors (Lipinski definition) is 5. The van der Waals surface area contributed by atoms with Crippen LogP contribution in [0.5, 0.6) is 0 Å². The Morgan fingerprint density at radius 1 is 1.29 bits per heavy atom. The quantitative estimate of drug-likeness (QED) is 0.375. The average Bonchev–Trinajstić information content (AvgIpc) is 2.74. The van der Waals surface area contributed by atoms with E-state index in [1.807, 2.05) is 0 Å². The van der Waals surface area contributed by atoms with Gasteiger partial charge in [-0.25, -0.2) is 0 Å². The SMILES string of the molecule is NC[C@H](B(O)O)[C@H](CN)C1CCC(C(=O)O)C1. The standard InChI is InChI=1S/C10H21BN2O4/c12-4-8(9(5-13)11(16)17)6-1-2-7(3-6)10(14)15/h6-9,16-17H,1-5,12-13H2,(H,14,15)/t6?,7?,8-,9+/m1/s1. The largest absolute Gasteiger partial charge is 0.481 e. The van der Waals surface area contributed by atoms with Crippen LogP contribution in [0.4, 0.5) is 0 Å². The summed E-state index contributed by atoms with van der Waals surface area (Å²) in [5.41, 5.74) is 11.2. The highest BCUT2D eigenvalue weighted by atomic mass is 16.4. The Balaban J connectivity index is 2.65. The fourth-order valence-corrected chi connectivity index (χ4v) is 2.86. The van der Waals surface area contributed by atoms with Crippen LogP contribution in [0.2, 0.25) is 5.82 Å². The number of carbonyl (C=O) groups is 1. The maximum absolute atomic E-state index is 10.9. The van der Waals surface area contributed by atoms with Crippen LogP contribution in [-0.4, -0.2) is 41.3 Å². The van der Waals surface area contributed by atoms with E-state index in [9.17, 15) is 14.8 Å². The third kappa shape index (κ3) is 3.42. The van der Waals surface area contributed by atoms with E-state index < -0.39 is 18.9 Å². The Labute approximate surface area is 101 Å². The van der Waals surface area contributed by atoms with Gasteiger partial charge in [-0.3, -0.25) is 4.79 Å². The molecule has 0 bridgehead atoms. The van der Waals surface area contributed by atoms with Gasteiger partial charge in [0.15, 0.2) is 0 Å². The molecule has 7 heteroatoms. The zero-order valence-corrected chi connectivity index (χ0v) is 9.83. The van der Waals surface area contributed by atoms with E-state index in [0.717, 1.165) is 6.42 Å². The Morgan fingerprint density at radius 3 is 2.29 bits per heavy atom. The maximum Gasteiger partial charge on any atom is 0.456 e. The lowest BCUT2D eigenvalue weighted by Crippen LogP contribution is -2.39. The van der Waals surface area contributed by atoms with Crippen molar-refractivity contribution < 1.29 is 19.9 Å². The second-order valence-electron chi connectivity index (χ2n) is 4.82. The molecule has 0 amide bonds. The van der Waals surface area contributed by atoms with Crippen molar-refractivity contribution in [3.8, 4) is 0 Å². The van der Waals surface area contributed by atoms with Gasteiger partial charge in [0, 0.05) is 5.82 Å². The Bertz CT molecular complexity index is 265. The lowest BCUT2D eigenvalue weighted by Gasteiger charge is -2.29. The highest BCUT2D eigenvalue weighted by Crippen LogP contribution is 2.40. The first kappa shape index (κ1) is 14.4. The molecule has 0 aliphatic heterocycles. The van der Waals surface area contributed by atoms with Gasteiger partial charge < -0.3 is 26.6 Å². The summed E-state index contributed by atoms with van der Waals surface area (Å²) >= 11 is 0. The predicted molar refractivity (Wildman–Crippen MR) is 64.0 cm³/mol. The fraction of sp³-hybridized carbons (Fsp3) is 0.900. The van der Waals surface area contributed by atoms with Crippen LogP contribution in [0.3, 0.4) is 0 Å². The fourth-order valence-electron chi connectivity index (χ4n) is 2.86. The van der Waals surface area contributed by atoms with E-state index in [4.69, 9.17) is 16.6 Å². The molecule has 98 valence electrons. The third-order valence-corrected chi connectivity index (χ3v) is 3.91. The second kappa shape index (κ2) is 6.35. The van der Waals surface area contributed by atoms with Gasteiger partial charge >= 0.3 is 13.1 Å². The summed E-state index contributed by atoms with van der Waals surface area (Å²) in [5.74, 6) is -1.58. The minimum absolute atomic E-state index is 0.121. The topological polar surface area (TPSA) is 130 Å². The highest BCUT2D eigenvalue weighted by Gasteiger charge is 2.40. The van der Waals surface area contributed by atoms with E-state index in [2.05, 4.69) is 0 Å². The molecule has 1 rings (SSSR count). The van der Waals surface area contributed by atoms with Gasteiger partial charge in [-0.05, 0) is 44.2 Å². The number of aliphatic carboxylic acids is 1. The molecule has 1 aliphatic carbocycles. The Hall–Kier alpha value is -0.625. The molecule has 6 nitrogen and oxygen atoms in total. The molecule has 0 radical (unpaired) electrons. The summed E-state index contributed by atoms with van der Waals surface area (Å²) in [6.07, 6.45) is 1.96. The van der Waals surface area contributed by atoms with Crippen LogP contribution < -0.4 is 11.5 Å². The van der Waals surface area contributed by atoms with E-state index in [1.54, 1.807) is 0 Å². The van der Waals surface area contributed by atoms with Gasteiger partial charge in [0.2, 0.25) is 0 Å². The molecular weight excluding hydrogens is 223 g/mol. The molecule has 1 fully saturated rings. The molecular formula is C10H21BN2O4. The predicted octanol–water partition coefficient (Wildman–Crippen LogP) is -1.14. The van der Waals surface area contributed by atoms with Crippen molar-refractivity contribution in [1.29, 1.82) is 0 Å². The van der Waals surface area contributed by atoms with Crippen LogP contribution in [0.15, 0.2) is 0 Å². The number of rotatable bonds is 6. The smallest absolute Gasteiger partial charge is 0.456 e. The van der Waals surface area contributed by atoms with E-state index in [0.29, 0.717) is 19.4 Å². The summed E-state index contributed by atoms with van der Waals surface area (Å²) in [5, 5.41) is 27.4. The van der Waals surface area contributed by atoms with Crippen LogP contribution in [-0.2, 0) is 4.79 Å². The molecule has 17 heavy (non-hydrogen) atoms. The first-order valence-corrected chi connectivity index (χ1v) is 6.00. The number of carboxylic acids is 1. The number of carboxylic acid groups (broad SMARTS) is 1. The van der Waals surface area contributed by atoms with Crippen LogP contribution in [0, 0.1) is 17.8 Å². The van der Waals surface area contributed by atoms with Crippen molar-refractivity contribution in [1.82, 2.24) is 0 Å². The van der Waals surface area contributed by atoms with Gasteiger partial charge in [-0.15, -0.1) is 0 Å². The van der Waals surface area contributed by atoms with Gasteiger partial charge in [0.1, 0.15) is 0 Å². The van der Waals surface area contributed by atoms with Crippen LogP contribution in [0.1, 0.15) is 19.3 Å². The zero-order chi connectivity index (χ0) is 13.0. The van der Waals surface area contributed by atoms with Crippen molar-refractivity contribution in [3.05, 3.63) is 0 Å². The molecule has 4 atom stereocenters. The van der Waals surface area contributed by atoms with E-state index in [1.165, 1.54) is 0 Å². The lowest BCUT2D eigenvalue weighted by molar-refractivity contribution is -0.141. The minimum atomic E-state index is -1.49. The van der Waals surface area contributed by atoms with Gasteiger partial charge in [-0.1, -0.05) is 0 Å². The molecule has 0 aromatic heterocycles. The molecule has 0 saturated heterocycles. The monoisotopic (exact) mass is 244 g/mol. The summed E-state index contributed by atoms with van der Waals surface area (Å²) < 4.78 is 0. The van der Waals surface area contributed by atoms with Crippen molar-refractivity contribution >= 4 is 13.1 Å². The van der Waals surface area contributed by atoms with E-state index >= 15 is 0 Å². The van der Waals surface area contributed by atoms with Crippen LogP contribution >= 0.6 is 0 Å². The van der Waals surface area contributed by atoms with Crippen molar-refractivity contribution in [2.45, 2.75) is 25.1 Å². The van der Waals surface area contributed by atoms with Gasteiger partial charge in [-0.2, -0.15) is 0 Å². The normalized spacial score (nSPS) is 27.8. The number of nitrogens with two attached hydrogens (primary N) is 2. The molecule has 2 unspecified atom stereocenters. The van der Waals surface area contributed by atoms with Crippen LogP contribution in [0.25, 0.3) is 0 Å². The summed E-state index contributed by atoms with van der Waals surface area (Å²) in [6.45, 7) is 0.449. The molecule has 1 aliphatic rings. The summed E-state index contributed by atoms with van der Waals surface area (Å²) in [6, 6.07) is 0. The maximum atomic E-state index is 10.9. The molecule has 0 heterocycles. The molecule has 7 N–H and O–H groups in total. The van der Waals surface area contributed by atoms with Gasteiger partial charge in [0.25, 0.3) is 0 Å². The first-order chi connectivity index (χ1) is 8.01. The summed E-state index contributed by atoms with van der Waals surface area (Å²) in [7, 11) is -1.49. The lowest BCUT2D eigenvalue weighted by atomic mass is 9.61. The van der Waals surface area contributed by atoms with E-state index in [-0.39, 0.29) is 24.3 Å². The molecule has 0 aromatic rings. The van der Waals surface area contributed by atoms with Gasteiger partial charge in [0.05, 0.1) is 5.92 Å². The minimum Gasteiger partial charge on any atom is -0.481 e. The second-order valence-corrected chi connectivity index (χ2v) is 4.82. The highest BCUT2D eigenvalue weighted by molar-refractivity contribution is 6.43. The Morgan fingerprint density at radius 2 is 1.94 bits per heavy atom. The third-order valence-electron chi connectivity index (χ3n) is 3.91. The average molecular weight is 244 g/mol. The van der Waals surface area contributed by atoms with Crippen molar-refractivity contribution in [3.63, 3.8) is 0 Å². The number of hydrogen-bond donors (Lipinski definition) is 5. The first-order valence-electron chi connectivity index (χ1n) is 6.00. The summed E-state index contributed by atoms with van der Waals surface area (Å²) in [4.78, 5) is 10.9. The van der Waals surface area contributed by atoms with Crippen molar-refractivity contribution in [2.75, 3.05) is 13.1 Å².